The van der Waals surface area contributed by atoms with Gasteiger partial charge in [-0.1, -0.05) is 6.07 Å². The Morgan fingerprint density at radius 3 is 3.05 bits per heavy atom. The maximum atomic E-state index is 11.7. The molecule has 2 aromatic rings. The number of hydrogen-bond donors (Lipinski definition) is 3. The van der Waals surface area contributed by atoms with E-state index in [9.17, 15) is 9.59 Å². The molecule has 0 radical (unpaired) electrons. The van der Waals surface area contributed by atoms with Gasteiger partial charge in [0.2, 0.25) is 5.91 Å². The van der Waals surface area contributed by atoms with Gasteiger partial charge in [-0.2, -0.15) is 0 Å². The number of aromatic nitrogens is 2. The molecule has 1 aromatic heterocycles. The maximum absolute atomic E-state index is 11.7. The number of nitrogens with one attached hydrogen (secondary N) is 3. The quantitative estimate of drug-likeness (QED) is 0.731. The van der Waals surface area contributed by atoms with Crippen molar-refractivity contribution >= 4 is 16.9 Å². The molecule has 1 amide bonds. The lowest BCUT2D eigenvalue weighted by atomic mass is 10.2. The third-order valence-corrected chi connectivity index (χ3v) is 3.63. The van der Waals surface area contributed by atoms with Crippen LogP contribution in [0.15, 0.2) is 23.0 Å². The van der Waals surface area contributed by atoms with Crippen LogP contribution in [0, 0.1) is 0 Å². The molecule has 0 unspecified atom stereocenters. The summed E-state index contributed by atoms with van der Waals surface area (Å²) in [7, 11) is 0. The molecule has 1 aromatic carbocycles. The number of benzene rings is 1. The Kier molecular flexibility index (Phi) is 4.55. The highest BCUT2D eigenvalue weighted by Gasteiger charge is 2.15. The van der Waals surface area contributed by atoms with E-state index in [-0.39, 0.29) is 24.3 Å². The van der Waals surface area contributed by atoms with Gasteiger partial charge in [-0.25, -0.2) is 4.79 Å². The minimum atomic E-state index is -0.237. The molecule has 1 aliphatic rings. The number of fused-ring (bicyclic) bond motifs is 1. The summed E-state index contributed by atoms with van der Waals surface area (Å²) in [4.78, 5) is 28.3. The van der Waals surface area contributed by atoms with Gasteiger partial charge in [0.1, 0.15) is 6.61 Å². The van der Waals surface area contributed by atoms with Crippen LogP contribution in [0.1, 0.15) is 18.4 Å². The van der Waals surface area contributed by atoms with Crippen molar-refractivity contribution in [3.63, 3.8) is 0 Å². The average molecular weight is 305 g/mol. The fourth-order valence-electron chi connectivity index (χ4n) is 2.50. The van der Waals surface area contributed by atoms with Gasteiger partial charge in [-0.15, -0.1) is 0 Å². The molecule has 2 heterocycles. The van der Waals surface area contributed by atoms with Gasteiger partial charge in [0, 0.05) is 13.2 Å². The summed E-state index contributed by atoms with van der Waals surface area (Å²) in [5.74, 6) is -0.166. The predicted octanol–water partition coefficient (Wildman–Crippen LogP) is 0.668. The van der Waals surface area contributed by atoms with Crippen LogP contribution in [-0.2, 0) is 20.8 Å². The average Bonchev–Trinajstić information content (AvgIpc) is 3.12. The van der Waals surface area contributed by atoms with Crippen LogP contribution in [0.3, 0.4) is 0 Å². The number of rotatable bonds is 6. The number of aromatic amines is 2. The van der Waals surface area contributed by atoms with Crippen molar-refractivity contribution in [1.82, 2.24) is 15.3 Å². The molecule has 0 aliphatic carbocycles. The Labute approximate surface area is 127 Å². The van der Waals surface area contributed by atoms with Crippen molar-refractivity contribution in [3.8, 4) is 0 Å². The Balaban J connectivity index is 1.44. The summed E-state index contributed by atoms with van der Waals surface area (Å²) in [6.07, 6.45) is 2.18. The van der Waals surface area contributed by atoms with E-state index in [0.717, 1.165) is 36.0 Å². The van der Waals surface area contributed by atoms with Crippen LogP contribution in [0.4, 0.5) is 0 Å². The Hall–Kier alpha value is -2.12. The van der Waals surface area contributed by atoms with E-state index >= 15 is 0 Å². The largest absolute Gasteiger partial charge is 0.376 e. The molecule has 0 bridgehead atoms. The highest BCUT2D eigenvalue weighted by molar-refractivity contribution is 5.78. The first-order valence-corrected chi connectivity index (χ1v) is 7.38. The zero-order valence-electron chi connectivity index (χ0n) is 12.2. The van der Waals surface area contributed by atoms with Crippen LogP contribution in [0.25, 0.3) is 11.0 Å². The first-order valence-electron chi connectivity index (χ1n) is 7.38. The molecule has 1 fully saturated rings. The summed E-state index contributed by atoms with van der Waals surface area (Å²) < 4.78 is 10.8. The van der Waals surface area contributed by atoms with Gasteiger partial charge in [0.25, 0.3) is 0 Å². The fourth-order valence-corrected chi connectivity index (χ4v) is 2.50. The van der Waals surface area contributed by atoms with Crippen molar-refractivity contribution in [2.45, 2.75) is 25.5 Å². The lowest BCUT2D eigenvalue weighted by molar-refractivity contribution is -0.127. The van der Waals surface area contributed by atoms with Crippen molar-refractivity contribution in [2.75, 3.05) is 19.8 Å². The molecule has 1 saturated heterocycles. The maximum Gasteiger partial charge on any atom is 0.323 e. The summed E-state index contributed by atoms with van der Waals surface area (Å²) >= 11 is 0. The standard InChI is InChI=1S/C15H19N3O4/c19-14(9-21-8-11-2-1-5-22-11)16-7-10-3-4-12-13(6-10)18-15(20)17-12/h3-4,6,11H,1-2,5,7-9H2,(H,16,19)(H2,17,18,20)/t11-/m1/s1. The lowest BCUT2D eigenvalue weighted by Crippen LogP contribution is -2.28. The highest BCUT2D eigenvalue weighted by Crippen LogP contribution is 2.12. The normalized spacial score (nSPS) is 17.9. The van der Waals surface area contributed by atoms with Gasteiger partial charge in [0.15, 0.2) is 0 Å². The van der Waals surface area contributed by atoms with Crippen LogP contribution in [0.5, 0.6) is 0 Å². The molecule has 1 aliphatic heterocycles. The smallest absolute Gasteiger partial charge is 0.323 e. The minimum Gasteiger partial charge on any atom is -0.376 e. The molecule has 0 spiro atoms. The second-order valence-electron chi connectivity index (χ2n) is 5.39. The SMILES string of the molecule is O=C(COC[C@H]1CCCO1)NCc1ccc2[nH]c(=O)[nH]c2c1. The zero-order valence-corrected chi connectivity index (χ0v) is 12.2. The van der Waals surface area contributed by atoms with Gasteiger partial charge >= 0.3 is 5.69 Å². The predicted molar refractivity (Wildman–Crippen MR) is 80.6 cm³/mol. The molecule has 0 saturated carbocycles. The second kappa shape index (κ2) is 6.76. The summed E-state index contributed by atoms with van der Waals surface area (Å²) in [6, 6.07) is 5.50. The first kappa shape index (κ1) is 14.8. The Bertz CT molecular complexity index is 700. The summed E-state index contributed by atoms with van der Waals surface area (Å²) in [5.41, 5.74) is 2.15. The van der Waals surface area contributed by atoms with E-state index in [1.165, 1.54) is 0 Å². The highest BCUT2D eigenvalue weighted by atomic mass is 16.5. The number of imidazole rings is 1. The topological polar surface area (TPSA) is 96.2 Å². The van der Waals surface area contributed by atoms with E-state index in [0.29, 0.717) is 13.2 Å². The monoisotopic (exact) mass is 305 g/mol. The van der Waals surface area contributed by atoms with Crippen LogP contribution >= 0.6 is 0 Å². The number of ether oxygens (including phenoxy) is 2. The Morgan fingerprint density at radius 1 is 1.36 bits per heavy atom. The molecule has 7 heteroatoms. The minimum absolute atomic E-state index is 0.0308. The number of amides is 1. The molecule has 118 valence electrons. The van der Waals surface area contributed by atoms with Gasteiger partial charge < -0.3 is 24.8 Å². The van der Waals surface area contributed by atoms with Crippen molar-refractivity contribution in [2.24, 2.45) is 0 Å². The van der Waals surface area contributed by atoms with E-state index < -0.39 is 0 Å². The molecule has 3 N–H and O–H groups in total. The van der Waals surface area contributed by atoms with Gasteiger partial charge in [-0.3, -0.25) is 4.79 Å². The molecule has 1 atom stereocenters. The third-order valence-electron chi connectivity index (χ3n) is 3.63. The molecule has 22 heavy (non-hydrogen) atoms. The van der Waals surface area contributed by atoms with E-state index in [4.69, 9.17) is 9.47 Å². The van der Waals surface area contributed by atoms with Crippen molar-refractivity contribution in [3.05, 3.63) is 34.2 Å². The number of H-pyrrole nitrogens is 2. The first-order chi connectivity index (χ1) is 10.7. The van der Waals surface area contributed by atoms with Crippen LogP contribution < -0.4 is 11.0 Å². The van der Waals surface area contributed by atoms with E-state index in [1.54, 1.807) is 0 Å². The van der Waals surface area contributed by atoms with E-state index in [1.807, 2.05) is 18.2 Å². The molecular formula is C15H19N3O4. The second-order valence-corrected chi connectivity index (χ2v) is 5.39. The van der Waals surface area contributed by atoms with Gasteiger partial charge in [-0.05, 0) is 30.5 Å². The van der Waals surface area contributed by atoms with Crippen LogP contribution in [0.2, 0.25) is 0 Å². The fraction of sp³-hybridized carbons (Fsp3) is 0.467. The van der Waals surface area contributed by atoms with Crippen molar-refractivity contribution < 1.29 is 14.3 Å². The Morgan fingerprint density at radius 2 is 2.23 bits per heavy atom. The summed E-state index contributed by atoms with van der Waals surface area (Å²) in [6.45, 7) is 1.67. The number of carbonyl (C=O) groups excluding carboxylic acids is 1. The number of hydrogen-bond acceptors (Lipinski definition) is 4. The van der Waals surface area contributed by atoms with Crippen LogP contribution in [-0.4, -0.2) is 41.8 Å². The van der Waals surface area contributed by atoms with Crippen molar-refractivity contribution in [1.29, 1.82) is 0 Å². The third kappa shape index (κ3) is 3.75. The number of carbonyl (C=O) groups is 1. The summed E-state index contributed by atoms with van der Waals surface area (Å²) in [5, 5.41) is 2.79. The zero-order chi connectivity index (χ0) is 15.4. The lowest BCUT2D eigenvalue weighted by Gasteiger charge is -2.10. The molecule has 7 nitrogen and oxygen atoms in total. The van der Waals surface area contributed by atoms with E-state index in [2.05, 4.69) is 15.3 Å². The molecular weight excluding hydrogens is 286 g/mol. The molecule has 3 rings (SSSR count). The van der Waals surface area contributed by atoms with Gasteiger partial charge in [0.05, 0.1) is 23.7 Å².